The lowest BCUT2D eigenvalue weighted by Crippen LogP contribution is -2.57. The van der Waals surface area contributed by atoms with Crippen molar-refractivity contribution in [2.45, 2.75) is 56.2 Å². The van der Waals surface area contributed by atoms with E-state index in [0.717, 1.165) is 0 Å². The van der Waals surface area contributed by atoms with Crippen molar-refractivity contribution in [3.05, 3.63) is 58.2 Å². The second kappa shape index (κ2) is 12.4. The molecule has 4 unspecified atom stereocenters. The summed E-state index contributed by atoms with van der Waals surface area (Å²) in [5, 5.41) is 54.8. The van der Waals surface area contributed by atoms with Crippen LogP contribution in [0, 0.1) is 5.92 Å². The molecular formula is C32H39NO11. The number of hydrogen-bond acceptors (Lipinski definition) is 12. The Kier molecular flexibility index (Phi) is 8.70. The molecule has 2 aliphatic carbocycles. The van der Waals surface area contributed by atoms with E-state index in [9.17, 15) is 30.3 Å². The van der Waals surface area contributed by atoms with Crippen molar-refractivity contribution in [1.82, 2.24) is 4.90 Å². The Hall–Kier alpha value is -3.07. The molecule has 2 aromatic rings. The lowest BCUT2D eigenvalue weighted by molar-refractivity contribution is -0.242. The Morgan fingerprint density at radius 1 is 1.09 bits per heavy atom. The number of ether oxygens (including phenoxy) is 5. The molecule has 0 bridgehead atoms. The third kappa shape index (κ3) is 5.19. The molecule has 0 saturated carbocycles. The van der Waals surface area contributed by atoms with Crippen LogP contribution in [0.25, 0.3) is 5.57 Å². The number of morpholine rings is 1. The van der Waals surface area contributed by atoms with Crippen molar-refractivity contribution in [3.8, 4) is 17.2 Å². The molecule has 7 atom stereocenters. The molecule has 0 aromatic heterocycles. The lowest BCUT2D eigenvalue weighted by Gasteiger charge is -2.44. The summed E-state index contributed by atoms with van der Waals surface area (Å²) in [4.78, 5) is 16.0. The van der Waals surface area contributed by atoms with Gasteiger partial charge < -0.3 is 49.2 Å². The van der Waals surface area contributed by atoms with Crippen LogP contribution in [0.15, 0.2) is 24.8 Å². The number of carbonyl (C=O) groups is 1. The molecule has 2 aliphatic heterocycles. The summed E-state index contributed by atoms with van der Waals surface area (Å²) in [6.45, 7) is 5.13. The predicted octanol–water partition coefficient (Wildman–Crippen LogP) is 1.47. The summed E-state index contributed by atoms with van der Waals surface area (Å²) in [7, 11) is 3.01. The summed E-state index contributed by atoms with van der Waals surface area (Å²) in [6.07, 6.45) is -3.49. The van der Waals surface area contributed by atoms with Crippen molar-refractivity contribution < 1.29 is 54.0 Å². The quantitative estimate of drug-likeness (QED) is 0.244. The fourth-order valence-corrected chi connectivity index (χ4v) is 7.10. The zero-order valence-electron chi connectivity index (χ0n) is 24.8. The second-order valence-electron chi connectivity index (χ2n) is 11.8. The molecule has 0 radical (unpaired) electrons. The maximum absolute atomic E-state index is 13.9. The summed E-state index contributed by atoms with van der Waals surface area (Å²) in [6, 6.07) is 4.74. The summed E-state index contributed by atoms with van der Waals surface area (Å²) in [5.74, 6) is -1.33. The topological polar surface area (TPSA) is 168 Å². The standard InChI is InChI=1S/C32H39NO11/c1-15-17-5-4-6-22(40-2)27(17)31(38)29-26(15)30(37)18-9-16(20(35)13-34)10-23(28(18)32(29)39)44-24-11-19(21(36)14-43-24)33-7-8-42-25(12-33)41-3/h4-6,16,19-21,23-25,34-37,39H,1,7-14H2,2-3H3/t16?,19-,20?,21+,23-,24?,25?/m0/s1. The number of benzene rings is 2. The molecular weight excluding hydrogens is 574 g/mol. The van der Waals surface area contributed by atoms with Crippen LogP contribution in [0.2, 0.25) is 0 Å². The number of aliphatic hydroxyl groups is 3. The van der Waals surface area contributed by atoms with Gasteiger partial charge >= 0.3 is 0 Å². The van der Waals surface area contributed by atoms with Crippen molar-refractivity contribution in [2.24, 2.45) is 5.92 Å². The van der Waals surface area contributed by atoms with Gasteiger partial charge in [0.2, 0.25) is 5.78 Å². The molecule has 44 heavy (non-hydrogen) atoms. The molecule has 2 heterocycles. The average Bonchev–Trinajstić information content (AvgIpc) is 3.04. The van der Waals surface area contributed by atoms with Gasteiger partial charge in [-0.2, -0.15) is 0 Å². The van der Waals surface area contributed by atoms with Gasteiger partial charge in [0.05, 0.1) is 56.4 Å². The molecule has 2 saturated heterocycles. The maximum Gasteiger partial charge on any atom is 0.201 e. The minimum atomic E-state index is -1.12. The molecule has 2 fully saturated rings. The van der Waals surface area contributed by atoms with E-state index in [1.54, 1.807) is 25.3 Å². The first-order chi connectivity index (χ1) is 21.2. The zero-order valence-corrected chi connectivity index (χ0v) is 24.8. The number of aliphatic hydroxyl groups excluding tert-OH is 3. The summed E-state index contributed by atoms with van der Waals surface area (Å²) >= 11 is 0. The van der Waals surface area contributed by atoms with E-state index in [1.165, 1.54) is 7.11 Å². The molecule has 12 heteroatoms. The first-order valence-electron chi connectivity index (χ1n) is 14.8. The van der Waals surface area contributed by atoms with Crippen LogP contribution in [-0.4, -0.2) is 114 Å². The molecule has 4 aliphatic rings. The Morgan fingerprint density at radius 3 is 2.61 bits per heavy atom. The van der Waals surface area contributed by atoms with Crippen molar-refractivity contribution >= 4 is 11.4 Å². The highest BCUT2D eigenvalue weighted by atomic mass is 16.7. The van der Waals surface area contributed by atoms with Crippen LogP contribution >= 0.6 is 0 Å². The van der Waals surface area contributed by atoms with Gasteiger partial charge in [0, 0.05) is 49.4 Å². The Bertz CT molecular complexity index is 1440. The van der Waals surface area contributed by atoms with E-state index in [4.69, 9.17) is 23.7 Å². The number of phenolic OH excluding ortho intramolecular Hbond substituents is 2. The van der Waals surface area contributed by atoms with E-state index >= 15 is 0 Å². The van der Waals surface area contributed by atoms with Crippen LogP contribution in [0.1, 0.15) is 57.1 Å². The minimum Gasteiger partial charge on any atom is -0.507 e. The van der Waals surface area contributed by atoms with Gasteiger partial charge in [-0.3, -0.25) is 9.69 Å². The SMILES string of the molecule is C=C1c2cccc(OC)c2C(=O)c2c(O)c3c(c(O)c21)CC(C(O)CO)C[C@@H]3OC1C[C@H](N2CCOC(OC)C2)[C@H](O)CO1. The monoisotopic (exact) mass is 613 g/mol. The van der Waals surface area contributed by atoms with Gasteiger partial charge in [-0.25, -0.2) is 0 Å². The normalized spacial score (nSPS) is 29.5. The van der Waals surface area contributed by atoms with Gasteiger partial charge in [0.25, 0.3) is 0 Å². The summed E-state index contributed by atoms with van der Waals surface area (Å²) in [5.41, 5.74) is 1.59. The molecule has 5 N–H and O–H groups in total. The first kappa shape index (κ1) is 30.9. The molecule has 238 valence electrons. The number of nitrogens with zero attached hydrogens (tertiary/aromatic N) is 1. The number of rotatable bonds is 7. The number of methoxy groups -OCH3 is 2. The zero-order chi connectivity index (χ0) is 31.3. The number of carbonyl (C=O) groups excluding carboxylic acids is 1. The third-order valence-electron chi connectivity index (χ3n) is 9.40. The average molecular weight is 614 g/mol. The van der Waals surface area contributed by atoms with Crippen molar-refractivity contribution in [1.29, 1.82) is 0 Å². The number of ketones is 1. The van der Waals surface area contributed by atoms with Crippen LogP contribution in [0.4, 0.5) is 0 Å². The fourth-order valence-electron chi connectivity index (χ4n) is 7.10. The van der Waals surface area contributed by atoms with Crippen molar-refractivity contribution in [2.75, 3.05) is 47.1 Å². The number of aromatic hydroxyl groups is 2. The molecule has 6 rings (SSSR count). The van der Waals surface area contributed by atoms with E-state index in [1.807, 2.05) is 0 Å². The van der Waals surface area contributed by atoms with Gasteiger partial charge in [-0.15, -0.1) is 0 Å². The van der Waals surface area contributed by atoms with Crippen LogP contribution in [0.3, 0.4) is 0 Å². The van der Waals surface area contributed by atoms with Crippen LogP contribution in [-0.2, 0) is 25.4 Å². The van der Waals surface area contributed by atoms with Gasteiger partial charge in [-0.05, 0) is 36.0 Å². The van der Waals surface area contributed by atoms with Crippen LogP contribution in [0.5, 0.6) is 17.2 Å². The molecule has 2 aromatic carbocycles. The Morgan fingerprint density at radius 2 is 1.89 bits per heavy atom. The van der Waals surface area contributed by atoms with E-state index < -0.39 is 49.2 Å². The molecule has 12 nitrogen and oxygen atoms in total. The van der Waals surface area contributed by atoms with E-state index in [-0.39, 0.29) is 65.7 Å². The molecule has 0 amide bonds. The number of phenols is 2. The second-order valence-corrected chi connectivity index (χ2v) is 11.8. The van der Waals surface area contributed by atoms with Gasteiger partial charge in [0.15, 0.2) is 12.6 Å². The first-order valence-corrected chi connectivity index (χ1v) is 14.8. The minimum absolute atomic E-state index is 0.00290. The molecule has 0 spiro atoms. The van der Waals surface area contributed by atoms with E-state index in [0.29, 0.717) is 42.1 Å². The number of hydrogen-bond donors (Lipinski definition) is 5. The third-order valence-corrected chi connectivity index (χ3v) is 9.40. The van der Waals surface area contributed by atoms with E-state index in [2.05, 4.69) is 11.5 Å². The fraction of sp³-hybridized carbons (Fsp3) is 0.531. The highest BCUT2D eigenvalue weighted by Crippen LogP contribution is 2.54. The van der Waals surface area contributed by atoms with Crippen molar-refractivity contribution in [3.63, 3.8) is 0 Å². The van der Waals surface area contributed by atoms with Gasteiger partial charge in [0.1, 0.15) is 17.2 Å². The highest BCUT2D eigenvalue weighted by Gasteiger charge is 2.44. The van der Waals surface area contributed by atoms with Gasteiger partial charge in [-0.1, -0.05) is 18.7 Å². The Balaban J connectivity index is 1.38. The highest BCUT2D eigenvalue weighted by molar-refractivity contribution is 6.22. The lowest BCUT2D eigenvalue weighted by atomic mass is 9.72. The smallest absolute Gasteiger partial charge is 0.201 e. The predicted molar refractivity (Wildman–Crippen MR) is 156 cm³/mol. The number of fused-ring (bicyclic) bond motifs is 3. The summed E-state index contributed by atoms with van der Waals surface area (Å²) < 4.78 is 28.7. The largest absolute Gasteiger partial charge is 0.507 e. The maximum atomic E-state index is 13.9. The Labute approximate surface area is 255 Å². The van der Waals surface area contributed by atoms with Crippen LogP contribution < -0.4 is 4.74 Å².